The van der Waals surface area contributed by atoms with Crippen molar-refractivity contribution < 1.29 is 4.92 Å². The number of imidazole rings is 1. The standard InChI is InChI=1S/C23H29N5O3/c1-5-18-19-22(29)25-20(14-8-12-17(13-9-14)28(30)31)26-27(19)21(24-18)15-6-10-16(11-7-15)23(2,3)4/h8-9,12-13,15-16H,5-7,10-11H2,1-4H3,(H,25,26,29)/t15-,16+. The Hall–Kier alpha value is -3.03. The van der Waals surface area contributed by atoms with E-state index in [4.69, 9.17) is 10.1 Å². The molecule has 8 heteroatoms. The van der Waals surface area contributed by atoms with Crippen molar-refractivity contribution in [1.82, 2.24) is 19.6 Å². The second-order valence-corrected chi connectivity index (χ2v) is 9.55. The minimum Gasteiger partial charge on any atom is -0.303 e. The normalized spacial score (nSPS) is 19.6. The van der Waals surface area contributed by atoms with E-state index in [1.54, 1.807) is 16.6 Å². The Morgan fingerprint density at radius 2 is 1.81 bits per heavy atom. The molecule has 0 unspecified atom stereocenters. The molecule has 0 aliphatic heterocycles. The maximum absolute atomic E-state index is 12.9. The molecule has 1 aliphatic rings. The third-order valence-corrected chi connectivity index (χ3v) is 6.60. The topological polar surface area (TPSA) is 106 Å². The van der Waals surface area contributed by atoms with Crippen molar-refractivity contribution in [3.63, 3.8) is 0 Å². The van der Waals surface area contributed by atoms with E-state index in [9.17, 15) is 14.9 Å². The number of aromatic amines is 1. The molecule has 0 radical (unpaired) electrons. The molecule has 31 heavy (non-hydrogen) atoms. The SMILES string of the molecule is CCc1nc([C@H]2CC[C@@H](C(C)(C)C)CC2)n2nc(-c3ccc([N+](=O)[O-])cc3)[nH]c(=O)c12. The van der Waals surface area contributed by atoms with Crippen molar-refractivity contribution in [1.29, 1.82) is 0 Å². The first-order valence-electron chi connectivity index (χ1n) is 11.0. The molecule has 0 spiro atoms. The molecule has 1 saturated carbocycles. The lowest BCUT2D eigenvalue weighted by molar-refractivity contribution is -0.384. The molecule has 3 aromatic rings. The Kier molecular flexibility index (Phi) is 5.41. The summed E-state index contributed by atoms with van der Waals surface area (Å²) >= 11 is 0. The average molecular weight is 424 g/mol. The van der Waals surface area contributed by atoms with Crippen molar-refractivity contribution in [3.8, 4) is 11.4 Å². The van der Waals surface area contributed by atoms with Crippen molar-refractivity contribution in [2.75, 3.05) is 0 Å². The number of nitro benzene ring substituents is 1. The first-order chi connectivity index (χ1) is 14.7. The molecular formula is C23H29N5O3. The van der Waals surface area contributed by atoms with Gasteiger partial charge in [0.25, 0.3) is 11.2 Å². The van der Waals surface area contributed by atoms with Gasteiger partial charge < -0.3 is 4.98 Å². The zero-order valence-electron chi connectivity index (χ0n) is 18.5. The minimum atomic E-state index is -0.446. The quantitative estimate of drug-likeness (QED) is 0.476. The van der Waals surface area contributed by atoms with E-state index in [1.165, 1.54) is 12.1 Å². The highest BCUT2D eigenvalue weighted by Gasteiger charge is 2.32. The highest BCUT2D eigenvalue weighted by Crippen LogP contribution is 2.43. The summed E-state index contributed by atoms with van der Waals surface area (Å²) in [7, 11) is 0. The number of nitrogens with one attached hydrogen (secondary N) is 1. The van der Waals surface area contributed by atoms with Gasteiger partial charge in [-0.25, -0.2) is 9.50 Å². The Balaban J connectivity index is 1.75. The van der Waals surface area contributed by atoms with Crippen molar-refractivity contribution >= 4 is 11.2 Å². The third kappa shape index (κ3) is 3.98. The highest BCUT2D eigenvalue weighted by atomic mass is 16.6. The largest absolute Gasteiger partial charge is 0.303 e. The van der Waals surface area contributed by atoms with Gasteiger partial charge in [0.1, 0.15) is 5.82 Å². The predicted molar refractivity (Wildman–Crippen MR) is 119 cm³/mol. The Labute approximate surface area is 180 Å². The van der Waals surface area contributed by atoms with Crippen molar-refractivity contribution in [2.24, 2.45) is 11.3 Å². The van der Waals surface area contributed by atoms with Gasteiger partial charge in [0.2, 0.25) is 0 Å². The van der Waals surface area contributed by atoms with Crippen LogP contribution in [0.5, 0.6) is 0 Å². The molecule has 1 N–H and O–H groups in total. The number of nitro groups is 1. The first-order valence-corrected chi connectivity index (χ1v) is 11.0. The monoisotopic (exact) mass is 423 g/mol. The molecule has 0 bridgehead atoms. The maximum Gasteiger partial charge on any atom is 0.277 e. The van der Waals surface area contributed by atoms with E-state index in [0.717, 1.165) is 37.2 Å². The average Bonchev–Trinajstić information content (AvgIpc) is 3.12. The van der Waals surface area contributed by atoms with Gasteiger partial charge in [-0.15, -0.1) is 5.10 Å². The molecule has 0 atom stereocenters. The number of rotatable bonds is 4. The summed E-state index contributed by atoms with van der Waals surface area (Å²) in [5.41, 5.74) is 1.95. The van der Waals surface area contributed by atoms with Crippen LogP contribution < -0.4 is 5.56 Å². The zero-order valence-corrected chi connectivity index (χ0v) is 18.5. The van der Waals surface area contributed by atoms with E-state index in [2.05, 4.69) is 25.8 Å². The van der Waals surface area contributed by atoms with Crippen molar-refractivity contribution in [2.45, 2.75) is 65.7 Å². The number of nitrogens with zero attached hydrogens (tertiary/aromatic N) is 4. The van der Waals surface area contributed by atoms with Gasteiger partial charge >= 0.3 is 0 Å². The molecule has 0 saturated heterocycles. The van der Waals surface area contributed by atoms with E-state index in [0.29, 0.717) is 34.7 Å². The predicted octanol–water partition coefficient (Wildman–Crippen LogP) is 4.88. The van der Waals surface area contributed by atoms with Gasteiger partial charge in [-0.1, -0.05) is 27.7 Å². The zero-order chi connectivity index (χ0) is 22.3. The minimum absolute atomic E-state index is 0.000581. The van der Waals surface area contributed by atoms with Gasteiger partial charge in [-0.3, -0.25) is 14.9 Å². The molecule has 8 nitrogen and oxygen atoms in total. The molecule has 164 valence electrons. The van der Waals surface area contributed by atoms with Crippen LogP contribution in [-0.2, 0) is 6.42 Å². The Morgan fingerprint density at radius 3 is 2.35 bits per heavy atom. The first kappa shape index (κ1) is 21.2. The number of hydrogen-bond acceptors (Lipinski definition) is 5. The van der Waals surface area contributed by atoms with Crippen LogP contribution in [0.15, 0.2) is 29.1 Å². The number of H-pyrrole nitrogens is 1. The molecule has 2 aromatic heterocycles. The molecule has 1 fully saturated rings. The number of aromatic nitrogens is 4. The van der Waals surface area contributed by atoms with Crippen LogP contribution in [0.25, 0.3) is 16.9 Å². The van der Waals surface area contributed by atoms with Crippen molar-refractivity contribution in [3.05, 3.63) is 56.3 Å². The second-order valence-electron chi connectivity index (χ2n) is 9.55. The van der Waals surface area contributed by atoms with E-state index >= 15 is 0 Å². The molecule has 1 aliphatic carbocycles. The van der Waals surface area contributed by atoms with Gasteiger partial charge in [0.15, 0.2) is 11.3 Å². The van der Waals surface area contributed by atoms with Crippen LogP contribution in [-0.4, -0.2) is 24.5 Å². The fourth-order valence-corrected chi connectivity index (χ4v) is 4.69. The number of fused-ring (bicyclic) bond motifs is 1. The van der Waals surface area contributed by atoms with Crippen LogP contribution in [0, 0.1) is 21.4 Å². The molecule has 0 amide bonds. The second kappa shape index (κ2) is 7.90. The van der Waals surface area contributed by atoms with Gasteiger partial charge in [-0.2, -0.15) is 0 Å². The Bertz CT molecular complexity index is 1160. The lowest BCUT2D eigenvalue weighted by Crippen LogP contribution is -2.26. The molecule has 2 heterocycles. The van der Waals surface area contributed by atoms with Gasteiger partial charge in [0.05, 0.1) is 10.6 Å². The fraction of sp³-hybridized carbons (Fsp3) is 0.522. The molecule has 1 aromatic carbocycles. The Morgan fingerprint density at radius 1 is 1.16 bits per heavy atom. The maximum atomic E-state index is 12.9. The van der Waals surface area contributed by atoms with Gasteiger partial charge in [-0.05, 0) is 55.6 Å². The van der Waals surface area contributed by atoms with Crippen LogP contribution in [0.3, 0.4) is 0 Å². The number of hydrogen-bond donors (Lipinski definition) is 1. The highest BCUT2D eigenvalue weighted by molar-refractivity contribution is 5.59. The summed E-state index contributed by atoms with van der Waals surface area (Å²) in [5, 5.41) is 15.7. The number of benzene rings is 1. The third-order valence-electron chi connectivity index (χ3n) is 6.60. The van der Waals surface area contributed by atoms with Gasteiger partial charge in [0, 0.05) is 23.6 Å². The van der Waals surface area contributed by atoms with Crippen LogP contribution in [0.2, 0.25) is 0 Å². The summed E-state index contributed by atoms with van der Waals surface area (Å²) in [6.07, 6.45) is 5.01. The summed E-state index contributed by atoms with van der Waals surface area (Å²) < 4.78 is 1.72. The lowest BCUT2D eigenvalue weighted by Gasteiger charge is -2.36. The summed E-state index contributed by atoms with van der Waals surface area (Å²) in [6.45, 7) is 8.90. The molecular weight excluding hydrogens is 394 g/mol. The van der Waals surface area contributed by atoms with Crippen LogP contribution in [0.1, 0.15) is 70.8 Å². The van der Waals surface area contributed by atoms with E-state index < -0.39 is 4.92 Å². The summed E-state index contributed by atoms with van der Waals surface area (Å²) in [6, 6.07) is 6.04. The fourth-order valence-electron chi connectivity index (χ4n) is 4.69. The number of non-ortho nitro benzene ring substituents is 1. The summed E-state index contributed by atoms with van der Waals surface area (Å²) in [4.78, 5) is 31.1. The van der Waals surface area contributed by atoms with Crippen LogP contribution in [0.4, 0.5) is 5.69 Å². The number of aryl methyl sites for hydroxylation is 1. The summed E-state index contributed by atoms with van der Waals surface area (Å²) in [5.74, 6) is 2.20. The van der Waals surface area contributed by atoms with Crippen LogP contribution >= 0.6 is 0 Å². The van der Waals surface area contributed by atoms with E-state index in [-0.39, 0.29) is 17.2 Å². The smallest absolute Gasteiger partial charge is 0.277 e. The lowest BCUT2D eigenvalue weighted by atomic mass is 9.70. The van der Waals surface area contributed by atoms with E-state index in [1.807, 2.05) is 6.92 Å². The molecule has 4 rings (SSSR count).